The molecule has 4 nitrogen and oxygen atoms in total. The van der Waals surface area contributed by atoms with Gasteiger partial charge in [0.25, 0.3) is 0 Å². The van der Waals surface area contributed by atoms with Gasteiger partial charge in [-0.25, -0.2) is 9.37 Å². The number of hydrogen-bond acceptors (Lipinski definition) is 4. The second-order valence-corrected chi connectivity index (χ2v) is 6.23. The molecule has 0 aliphatic heterocycles. The molecule has 2 aromatic carbocycles. The Morgan fingerprint density at radius 3 is 2.36 bits per heavy atom. The minimum Gasteiger partial charge on any atom is -0.366 e. The monoisotopic (exact) mass is 376 g/mol. The third-order valence-electron chi connectivity index (χ3n) is 3.44. The molecule has 128 valence electrons. The van der Waals surface area contributed by atoms with E-state index in [9.17, 15) is 4.39 Å². The van der Waals surface area contributed by atoms with E-state index >= 15 is 0 Å². The number of halogens is 3. The second kappa shape index (κ2) is 7.68. The van der Waals surface area contributed by atoms with Crippen molar-refractivity contribution in [3.63, 3.8) is 0 Å². The van der Waals surface area contributed by atoms with Crippen LogP contribution in [0.25, 0.3) is 0 Å². The minimum atomic E-state index is -0.260. The van der Waals surface area contributed by atoms with Crippen molar-refractivity contribution >= 4 is 40.7 Å². The van der Waals surface area contributed by atoms with Crippen molar-refractivity contribution in [2.45, 2.75) is 13.5 Å². The van der Waals surface area contributed by atoms with Gasteiger partial charge >= 0.3 is 0 Å². The lowest BCUT2D eigenvalue weighted by molar-refractivity contribution is 0.627. The first kappa shape index (κ1) is 17.5. The maximum atomic E-state index is 13.0. The van der Waals surface area contributed by atoms with E-state index in [1.54, 1.807) is 30.3 Å². The van der Waals surface area contributed by atoms with Gasteiger partial charge < -0.3 is 10.6 Å². The van der Waals surface area contributed by atoms with Gasteiger partial charge in [0.15, 0.2) is 0 Å². The van der Waals surface area contributed by atoms with E-state index in [1.165, 1.54) is 12.1 Å². The number of nitrogens with one attached hydrogen (secondary N) is 2. The number of hydrogen-bond donors (Lipinski definition) is 2. The minimum absolute atomic E-state index is 0.260. The molecule has 7 heteroatoms. The predicted octanol–water partition coefficient (Wildman–Crippen LogP) is 5.59. The molecule has 25 heavy (non-hydrogen) atoms. The highest BCUT2D eigenvalue weighted by molar-refractivity contribution is 6.39. The van der Waals surface area contributed by atoms with E-state index in [0.29, 0.717) is 34.0 Å². The Kier molecular flexibility index (Phi) is 5.36. The molecule has 0 amide bonds. The number of rotatable bonds is 5. The molecule has 0 bridgehead atoms. The quantitative estimate of drug-likeness (QED) is 0.609. The third kappa shape index (κ3) is 4.59. The maximum Gasteiger partial charge on any atom is 0.229 e. The smallest absolute Gasteiger partial charge is 0.229 e. The van der Waals surface area contributed by atoms with Crippen LogP contribution in [0.4, 0.5) is 21.8 Å². The molecule has 0 spiro atoms. The summed E-state index contributed by atoms with van der Waals surface area (Å²) >= 11 is 12.3. The highest BCUT2D eigenvalue weighted by Gasteiger charge is 2.09. The van der Waals surface area contributed by atoms with Crippen LogP contribution in [0.15, 0.2) is 48.5 Å². The van der Waals surface area contributed by atoms with Gasteiger partial charge in [0.2, 0.25) is 5.95 Å². The topological polar surface area (TPSA) is 49.8 Å². The molecule has 0 saturated heterocycles. The number of aromatic nitrogens is 2. The van der Waals surface area contributed by atoms with E-state index in [2.05, 4.69) is 20.6 Å². The van der Waals surface area contributed by atoms with Crippen molar-refractivity contribution in [2.24, 2.45) is 0 Å². The predicted molar refractivity (Wildman–Crippen MR) is 100 cm³/mol. The standard InChI is InChI=1S/C18H15Cl2FN4/c1-11-9-16(22-10-12-5-7-13(21)8-6-12)24-18(23-11)25-17-14(19)3-2-4-15(17)20/h2-9H,10H2,1H3,(H2,22,23,24,25). The number of nitrogens with zero attached hydrogens (tertiary/aromatic N) is 2. The lowest BCUT2D eigenvalue weighted by Crippen LogP contribution is -2.06. The molecule has 2 N–H and O–H groups in total. The molecule has 3 rings (SSSR count). The van der Waals surface area contributed by atoms with Crippen LogP contribution in [-0.2, 0) is 6.54 Å². The third-order valence-corrected chi connectivity index (χ3v) is 4.07. The van der Waals surface area contributed by atoms with Crippen molar-refractivity contribution in [3.8, 4) is 0 Å². The summed E-state index contributed by atoms with van der Waals surface area (Å²) in [6, 6.07) is 13.4. The molecule has 0 radical (unpaired) electrons. The molecule has 0 atom stereocenters. The second-order valence-electron chi connectivity index (χ2n) is 5.42. The van der Waals surface area contributed by atoms with Gasteiger partial charge in [0.05, 0.1) is 15.7 Å². The molecule has 0 unspecified atom stereocenters. The van der Waals surface area contributed by atoms with Crippen LogP contribution in [0.3, 0.4) is 0 Å². The zero-order valence-corrected chi connectivity index (χ0v) is 14.9. The fourth-order valence-corrected chi connectivity index (χ4v) is 2.73. The van der Waals surface area contributed by atoms with Gasteiger partial charge in [-0.1, -0.05) is 41.4 Å². The summed E-state index contributed by atoms with van der Waals surface area (Å²) in [6.07, 6.45) is 0. The highest BCUT2D eigenvalue weighted by Crippen LogP contribution is 2.31. The average molecular weight is 377 g/mol. The van der Waals surface area contributed by atoms with Gasteiger partial charge in [-0.15, -0.1) is 0 Å². The Labute approximate surface area is 155 Å². The Hall–Kier alpha value is -2.37. The van der Waals surface area contributed by atoms with Crippen LogP contribution in [-0.4, -0.2) is 9.97 Å². The number of para-hydroxylation sites is 1. The van der Waals surface area contributed by atoms with Crippen LogP contribution in [0.5, 0.6) is 0 Å². The van der Waals surface area contributed by atoms with Gasteiger partial charge in [-0.2, -0.15) is 4.98 Å². The van der Waals surface area contributed by atoms with Crippen molar-refractivity contribution < 1.29 is 4.39 Å². The molecular weight excluding hydrogens is 362 g/mol. The molecule has 3 aromatic rings. The molecule has 1 aromatic heterocycles. The Balaban J connectivity index is 1.77. The fourth-order valence-electron chi connectivity index (χ4n) is 2.24. The van der Waals surface area contributed by atoms with E-state index < -0.39 is 0 Å². The summed E-state index contributed by atoms with van der Waals surface area (Å²) in [6.45, 7) is 2.38. The summed E-state index contributed by atoms with van der Waals surface area (Å²) in [4.78, 5) is 8.77. The summed E-state index contributed by atoms with van der Waals surface area (Å²) in [5.41, 5.74) is 2.28. The van der Waals surface area contributed by atoms with Crippen LogP contribution >= 0.6 is 23.2 Å². The summed E-state index contributed by atoms with van der Waals surface area (Å²) in [5, 5.41) is 7.22. The molecule has 1 heterocycles. The van der Waals surface area contributed by atoms with Crippen LogP contribution < -0.4 is 10.6 Å². The van der Waals surface area contributed by atoms with E-state index in [0.717, 1.165) is 11.3 Å². The molecular formula is C18H15Cl2FN4. The van der Waals surface area contributed by atoms with Gasteiger partial charge in [-0.3, -0.25) is 0 Å². The van der Waals surface area contributed by atoms with Crippen molar-refractivity contribution in [1.29, 1.82) is 0 Å². The van der Waals surface area contributed by atoms with Crippen molar-refractivity contribution in [3.05, 3.63) is 75.7 Å². The zero-order chi connectivity index (χ0) is 17.8. The van der Waals surface area contributed by atoms with E-state index in [1.807, 2.05) is 13.0 Å². The van der Waals surface area contributed by atoms with Crippen LogP contribution in [0.1, 0.15) is 11.3 Å². The van der Waals surface area contributed by atoms with Gasteiger partial charge in [-0.05, 0) is 36.8 Å². The molecule has 0 saturated carbocycles. The SMILES string of the molecule is Cc1cc(NCc2ccc(F)cc2)nc(Nc2c(Cl)cccc2Cl)n1. The van der Waals surface area contributed by atoms with Crippen LogP contribution in [0.2, 0.25) is 10.0 Å². The van der Waals surface area contributed by atoms with E-state index in [-0.39, 0.29) is 5.82 Å². The van der Waals surface area contributed by atoms with Crippen molar-refractivity contribution in [1.82, 2.24) is 9.97 Å². The number of anilines is 3. The van der Waals surface area contributed by atoms with Gasteiger partial charge in [0.1, 0.15) is 11.6 Å². The Morgan fingerprint density at radius 2 is 1.68 bits per heavy atom. The molecule has 0 aliphatic carbocycles. The Morgan fingerprint density at radius 1 is 1.00 bits per heavy atom. The first-order valence-electron chi connectivity index (χ1n) is 7.56. The first-order chi connectivity index (χ1) is 12.0. The fraction of sp³-hybridized carbons (Fsp3) is 0.111. The lowest BCUT2D eigenvalue weighted by Gasteiger charge is -2.12. The first-order valence-corrected chi connectivity index (χ1v) is 8.32. The summed E-state index contributed by atoms with van der Waals surface area (Å²) in [5.74, 6) is 0.767. The highest BCUT2D eigenvalue weighted by atomic mass is 35.5. The van der Waals surface area contributed by atoms with Crippen LogP contribution in [0, 0.1) is 12.7 Å². The zero-order valence-electron chi connectivity index (χ0n) is 13.4. The lowest BCUT2D eigenvalue weighted by atomic mass is 10.2. The normalized spacial score (nSPS) is 10.6. The summed E-state index contributed by atoms with van der Waals surface area (Å²) < 4.78 is 13.0. The summed E-state index contributed by atoms with van der Waals surface area (Å²) in [7, 11) is 0. The van der Waals surface area contributed by atoms with Crippen molar-refractivity contribution in [2.75, 3.05) is 10.6 Å². The molecule has 0 aliphatic rings. The average Bonchev–Trinajstić information content (AvgIpc) is 2.57. The maximum absolute atomic E-state index is 13.0. The molecule has 0 fully saturated rings. The largest absolute Gasteiger partial charge is 0.366 e. The number of aryl methyl sites for hydroxylation is 1. The Bertz CT molecular complexity index is 864. The van der Waals surface area contributed by atoms with E-state index in [4.69, 9.17) is 23.2 Å². The van der Waals surface area contributed by atoms with Gasteiger partial charge in [0, 0.05) is 18.3 Å². The number of benzene rings is 2.